The zero-order valence-electron chi connectivity index (χ0n) is 20.5. The summed E-state index contributed by atoms with van der Waals surface area (Å²) in [5.74, 6) is 0.296. The molecule has 1 aliphatic rings. The van der Waals surface area contributed by atoms with Crippen LogP contribution in [0.25, 0.3) is 0 Å². The first-order valence-electron chi connectivity index (χ1n) is 12.8. The van der Waals surface area contributed by atoms with E-state index >= 15 is 0 Å². The molecule has 2 N–H and O–H groups in total. The number of aliphatic hydroxyl groups is 1. The van der Waals surface area contributed by atoms with E-state index in [-0.39, 0.29) is 29.3 Å². The SMILES string of the molecule is CC(c1ccccc1)C(c1ccccc1)(c1ccccc1)C1CNCCC1(CO)c1ccccc1. The molecule has 0 bridgehead atoms. The Morgan fingerprint density at radius 3 is 1.77 bits per heavy atom. The lowest BCUT2D eigenvalue weighted by Gasteiger charge is -2.56. The summed E-state index contributed by atoms with van der Waals surface area (Å²) in [5, 5.41) is 15.0. The second-order valence-electron chi connectivity index (χ2n) is 9.92. The van der Waals surface area contributed by atoms with E-state index in [0.29, 0.717) is 0 Å². The maximum Gasteiger partial charge on any atom is 0.0532 e. The summed E-state index contributed by atoms with van der Waals surface area (Å²) in [7, 11) is 0. The second-order valence-corrected chi connectivity index (χ2v) is 9.92. The number of rotatable bonds is 7. The van der Waals surface area contributed by atoms with Crippen molar-refractivity contribution >= 4 is 0 Å². The minimum Gasteiger partial charge on any atom is -0.395 e. The Morgan fingerprint density at radius 1 is 0.771 bits per heavy atom. The van der Waals surface area contributed by atoms with Crippen LogP contribution in [0.4, 0.5) is 0 Å². The molecule has 0 aromatic heterocycles. The minimum absolute atomic E-state index is 0.117. The third-order valence-corrected chi connectivity index (χ3v) is 8.43. The van der Waals surface area contributed by atoms with Gasteiger partial charge in [-0.25, -0.2) is 0 Å². The van der Waals surface area contributed by atoms with E-state index in [2.05, 4.69) is 134 Å². The normalized spacial score (nSPS) is 21.4. The molecule has 0 spiro atoms. The molecule has 0 radical (unpaired) electrons. The molecule has 1 saturated heterocycles. The van der Waals surface area contributed by atoms with Crippen LogP contribution in [-0.4, -0.2) is 24.8 Å². The van der Waals surface area contributed by atoms with Crippen molar-refractivity contribution in [2.24, 2.45) is 5.92 Å². The molecule has 2 nitrogen and oxygen atoms in total. The zero-order valence-corrected chi connectivity index (χ0v) is 20.5. The number of aliphatic hydroxyl groups excluding tert-OH is 1. The molecule has 3 atom stereocenters. The smallest absolute Gasteiger partial charge is 0.0532 e. The predicted octanol–water partition coefficient (Wildman–Crippen LogP) is 6.32. The first-order chi connectivity index (χ1) is 17.2. The summed E-state index contributed by atoms with van der Waals surface area (Å²) < 4.78 is 0. The molecule has 0 aliphatic carbocycles. The van der Waals surface area contributed by atoms with Crippen LogP contribution >= 0.6 is 0 Å². The summed E-state index contributed by atoms with van der Waals surface area (Å²) in [6, 6.07) is 43.6. The van der Waals surface area contributed by atoms with Gasteiger partial charge in [-0.3, -0.25) is 0 Å². The highest BCUT2D eigenvalue weighted by Crippen LogP contribution is 2.57. The molecular formula is C33H35NO. The Bertz CT molecular complexity index is 1150. The van der Waals surface area contributed by atoms with E-state index < -0.39 is 0 Å². The van der Waals surface area contributed by atoms with Gasteiger partial charge in [-0.15, -0.1) is 0 Å². The lowest BCUT2D eigenvalue weighted by atomic mass is 9.48. The van der Waals surface area contributed by atoms with Gasteiger partial charge in [0.1, 0.15) is 0 Å². The van der Waals surface area contributed by atoms with Crippen LogP contribution in [-0.2, 0) is 10.8 Å². The van der Waals surface area contributed by atoms with E-state index in [1.807, 2.05) is 0 Å². The van der Waals surface area contributed by atoms with Crippen molar-refractivity contribution in [3.05, 3.63) is 144 Å². The monoisotopic (exact) mass is 461 g/mol. The number of nitrogens with one attached hydrogen (secondary N) is 1. The van der Waals surface area contributed by atoms with Gasteiger partial charge in [0.15, 0.2) is 0 Å². The Balaban J connectivity index is 1.85. The molecule has 1 aliphatic heterocycles. The van der Waals surface area contributed by atoms with E-state index in [1.165, 1.54) is 22.3 Å². The molecule has 5 rings (SSSR count). The summed E-state index contributed by atoms with van der Waals surface area (Å²) in [6.07, 6.45) is 0.890. The minimum atomic E-state index is -0.374. The fourth-order valence-corrected chi connectivity index (χ4v) is 6.72. The van der Waals surface area contributed by atoms with E-state index in [1.54, 1.807) is 0 Å². The van der Waals surface area contributed by atoms with Crippen LogP contribution in [0.5, 0.6) is 0 Å². The van der Waals surface area contributed by atoms with Crippen molar-refractivity contribution in [1.82, 2.24) is 5.32 Å². The zero-order chi connectivity index (χ0) is 24.1. The van der Waals surface area contributed by atoms with Gasteiger partial charge in [0.2, 0.25) is 0 Å². The van der Waals surface area contributed by atoms with Crippen molar-refractivity contribution in [2.45, 2.75) is 30.1 Å². The van der Waals surface area contributed by atoms with Gasteiger partial charge in [-0.05, 0) is 47.1 Å². The van der Waals surface area contributed by atoms with Crippen molar-refractivity contribution in [2.75, 3.05) is 19.7 Å². The van der Waals surface area contributed by atoms with Crippen LogP contribution in [0, 0.1) is 5.92 Å². The van der Waals surface area contributed by atoms with Gasteiger partial charge >= 0.3 is 0 Å². The van der Waals surface area contributed by atoms with Gasteiger partial charge in [0.25, 0.3) is 0 Å². The third kappa shape index (κ3) is 4.01. The molecule has 0 saturated carbocycles. The molecule has 1 heterocycles. The molecule has 35 heavy (non-hydrogen) atoms. The number of hydrogen-bond donors (Lipinski definition) is 2. The quantitative estimate of drug-likeness (QED) is 0.338. The van der Waals surface area contributed by atoms with Gasteiger partial charge in [0.05, 0.1) is 6.61 Å². The molecule has 178 valence electrons. The van der Waals surface area contributed by atoms with Crippen LogP contribution in [0.15, 0.2) is 121 Å². The largest absolute Gasteiger partial charge is 0.395 e. The maximum absolute atomic E-state index is 11.2. The lowest BCUT2D eigenvalue weighted by molar-refractivity contribution is 0.0551. The lowest BCUT2D eigenvalue weighted by Crippen LogP contribution is -2.60. The molecule has 4 aromatic carbocycles. The topological polar surface area (TPSA) is 32.3 Å². The first-order valence-corrected chi connectivity index (χ1v) is 12.8. The van der Waals surface area contributed by atoms with Gasteiger partial charge < -0.3 is 10.4 Å². The predicted molar refractivity (Wildman–Crippen MR) is 145 cm³/mol. The summed E-state index contributed by atoms with van der Waals surface area (Å²) in [5.41, 5.74) is 4.39. The highest BCUT2D eigenvalue weighted by molar-refractivity contribution is 5.49. The Hall–Kier alpha value is -3.20. The molecule has 2 heteroatoms. The fraction of sp³-hybridized carbons (Fsp3) is 0.273. The van der Waals surface area contributed by atoms with E-state index in [9.17, 15) is 5.11 Å². The van der Waals surface area contributed by atoms with Gasteiger partial charge in [-0.1, -0.05) is 128 Å². The van der Waals surface area contributed by atoms with Gasteiger partial charge in [-0.2, -0.15) is 0 Å². The molecule has 1 fully saturated rings. The van der Waals surface area contributed by atoms with Crippen molar-refractivity contribution < 1.29 is 5.11 Å². The van der Waals surface area contributed by atoms with E-state index in [0.717, 1.165) is 19.5 Å². The van der Waals surface area contributed by atoms with Crippen molar-refractivity contribution in [3.63, 3.8) is 0 Å². The number of benzene rings is 4. The second kappa shape index (κ2) is 10.2. The fourth-order valence-electron chi connectivity index (χ4n) is 6.72. The van der Waals surface area contributed by atoms with Crippen LogP contribution in [0.3, 0.4) is 0 Å². The van der Waals surface area contributed by atoms with E-state index in [4.69, 9.17) is 0 Å². The Labute approximate surface area is 209 Å². The number of hydrogen-bond acceptors (Lipinski definition) is 2. The summed E-state index contributed by atoms with van der Waals surface area (Å²) in [4.78, 5) is 0. The first kappa shape index (κ1) is 23.5. The van der Waals surface area contributed by atoms with Crippen LogP contribution in [0.1, 0.15) is 41.5 Å². The highest BCUT2D eigenvalue weighted by Gasteiger charge is 2.56. The average molecular weight is 462 g/mol. The summed E-state index contributed by atoms with van der Waals surface area (Å²) >= 11 is 0. The molecule has 0 amide bonds. The average Bonchev–Trinajstić information content (AvgIpc) is 2.96. The van der Waals surface area contributed by atoms with Crippen LogP contribution < -0.4 is 5.32 Å². The molecule has 4 aromatic rings. The maximum atomic E-state index is 11.2. The highest BCUT2D eigenvalue weighted by atomic mass is 16.3. The van der Waals surface area contributed by atoms with Gasteiger partial charge in [0, 0.05) is 17.4 Å². The summed E-state index contributed by atoms with van der Waals surface area (Å²) in [6.45, 7) is 4.21. The number of piperidine rings is 1. The molecular weight excluding hydrogens is 426 g/mol. The standard InChI is InChI=1S/C33H35NO/c1-26(27-14-6-2-7-15-27)33(29-18-10-4-11-19-29,30-20-12-5-13-21-30)31-24-34-23-22-32(31,25-35)28-16-8-3-9-17-28/h2-21,26,31,34-35H,22-25H2,1H3. The Morgan fingerprint density at radius 2 is 1.26 bits per heavy atom. The van der Waals surface area contributed by atoms with Crippen molar-refractivity contribution in [3.8, 4) is 0 Å². The Kier molecular flexibility index (Phi) is 6.86. The van der Waals surface area contributed by atoms with Crippen molar-refractivity contribution in [1.29, 1.82) is 0 Å². The third-order valence-electron chi connectivity index (χ3n) is 8.43. The molecule has 3 unspecified atom stereocenters. The van der Waals surface area contributed by atoms with Crippen LogP contribution in [0.2, 0.25) is 0 Å².